The molecular formula is C16H19NO3. The Morgan fingerprint density at radius 1 is 1.30 bits per heavy atom. The molecule has 2 aliphatic carbocycles. The third-order valence-electron chi connectivity index (χ3n) is 5.66. The van der Waals surface area contributed by atoms with Crippen LogP contribution in [-0.4, -0.2) is 34.2 Å². The van der Waals surface area contributed by atoms with Crippen LogP contribution in [0.5, 0.6) is 5.75 Å². The Morgan fingerprint density at radius 2 is 2.15 bits per heavy atom. The molecule has 4 heteroatoms. The fourth-order valence-electron chi connectivity index (χ4n) is 4.70. The predicted octanol–water partition coefficient (Wildman–Crippen LogP) is 1.03. The summed E-state index contributed by atoms with van der Waals surface area (Å²) in [4.78, 5) is 12.1. The van der Waals surface area contributed by atoms with Gasteiger partial charge >= 0.3 is 0 Å². The van der Waals surface area contributed by atoms with Crippen molar-refractivity contribution in [1.29, 1.82) is 0 Å². The molecule has 0 spiro atoms. The maximum absolute atomic E-state index is 12.1. The Morgan fingerprint density at radius 3 is 3.00 bits per heavy atom. The Bertz CT molecular complexity index is 599. The lowest BCUT2D eigenvalue weighted by atomic mass is 9.50. The van der Waals surface area contributed by atoms with E-state index in [9.17, 15) is 15.0 Å². The van der Waals surface area contributed by atoms with Crippen LogP contribution in [0.15, 0.2) is 18.2 Å². The van der Waals surface area contributed by atoms with Crippen LogP contribution < -0.4 is 5.32 Å². The van der Waals surface area contributed by atoms with Crippen LogP contribution in [0.3, 0.4) is 0 Å². The van der Waals surface area contributed by atoms with Gasteiger partial charge in [0.05, 0.1) is 5.60 Å². The lowest BCUT2D eigenvalue weighted by Gasteiger charge is -2.60. The molecule has 3 atom stereocenters. The van der Waals surface area contributed by atoms with Gasteiger partial charge in [-0.1, -0.05) is 6.07 Å². The summed E-state index contributed by atoms with van der Waals surface area (Å²) in [6.45, 7) is 0.815. The molecule has 2 bridgehead atoms. The van der Waals surface area contributed by atoms with E-state index in [-0.39, 0.29) is 17.6 Å². The van der Waals surface area contributed by atoms with Crippen LogP contribution in [0.2, 0.25) is 0 Å². The average Bonchev–Trinajstić information content (AvgIpc) is 2.41. The van der Waals surface area contributed by atoms with E-state index in [4.69, 9.17) is 0 Å². The van der Waals surface area contributed by atoms with Gasteiger partial charge in [0.2, 0.25) is 0 Å². The van der Waals surface area contributed by atoms with E-state index in [2.05, 4.69) is 5.32 Å². The van der Waals surface area contributed by atoms with Gasteiger partial charge in [-0.25, -0.2) is 0 Å². The number of fused-ring (bicyclic) bond motifs is 1. The first-order valence-corrected chi connectivity index (χ1v) is 7.35. The molecule has 4 rings (SSSR count). The third-order valence-corrected chi connectivity index (χ3v) is 5.66. The van der Waals surface area contributed by atoms with Crippen molar-refractivity contribution in [2.24, 2.45) is 0 Å². The first-order chi connectivity index (χ1) is 9.55. The Hall–Kier alpha value is -1.39. The van der Waals surface area contributed by atoms with Crippen molar-refractivity contribution >= 4 is 5.78 Å². The van der Waals surface area contributed by atoms with Crippen molar-refractivity contribution in [3.63, 3.8) is 0 Å². The number of ketones is 1. The molecule has 1 saturated heterocycles. The molecule has 0 amide bonds. The van der Waals surface area contributed by atoms with E-state index in [0.29, 0.717) is 19.3 Å². The second kappa shape index (κ2) is 3.83. The largest absolute Gasteiger partial charge is 0.508 e. The zero-order valence-electron chi connectivity index (χ0n) is 11.4. The summed E-state index contributed by atoms with van der Waals surface area (Å²) in [6.07, 6.45) is 2.91. The number of piperidine rings is 1. The summed E-state index contributed by atoms with van der Waals surface area (Å²) < 4.78 is 0. The SMILES string of the molecule is O=C1CC[C@@]2(O)[C@H]3Cc4ccc(O)cc4[C@@]2(CCN3)C1. The van der Waals surface area contributed by atoms with E-state index in [0.717, 1.165) is 30.5 Å². The second-order valence-electron chi connectivity index (χ2n) is 6.52. The number of aromatic hydroxyl groups is 1. The van der Waals surface area contributed by atoms with Gasteiger partial charge < -0.3 is 15.5 Å². The minimum Gasteiger partial charge on any atom is -0.508 e. The number of Topliss-reactive ketones (excluding diaryl/α,β-unsaturated/α-hetero) is 1. The molecule has 20 heavy (non-hydrogen) atoms. The van der Waals surface area contributed by atoms with Gasteiger partial charge in [0, 0.05) is 24.3 Å². The topological polar surface area (TPSA) is 69.6 Å². The lowest BCUT2D eigenvalue weighted by Crippen LogP contribution is -2.72. The highest BCUT2D eigenvalue weighted by Crippen LogP contribution is 2.55. The van der Waals surface area contributed by atoms with E-state index in [1.165, 1.54) is 0 Å². The summed E-state index contributed by atoms with van der Waals surface area (Å²) in [5.41, 5.74) is 0.773. The van der Waals surface area contributed by atoms with E-state index >= 15 is 0 Å². The van der Waals surface area contributed by atoms with Crippen LogP contribution in [0, 0.1) is 0 Å². The van der Waals surface area contributed by atoms with Crippen molar-refractivity contribution in [3.8, 4) is 5.75 Å². The minimum atomic E-state index is -0.861. The number of benzene rings is 1. The molecule has 1 aliphatic heterocycles. The number of carbonyl (C=O) groups is 1. The average molecular weight is 273 g/mol. The summed E-state index contributed by atoms with van der Waals surface area (Å²) in [5.74, 6) is 0.446. The first-order valence-electron chi connectivity index (χ1n) is 7.35. The van der Waals surface area contributed by atoms with Crippen LogP contribution in [-0.2, 0) is 16.6 Å². The molecular weight excluding hydrogens is 254 g/mol. The summed E-state index contributed by atoms with van der Waals surface area (Å²) >= 11 is 0. The molecule has 4 nitrogen and oxygen atoms in total. The number of phenolic OH excluding ortho intramolecular Hbond substituents is 1. The van der Waals surface area contributed by atoms with E-state index < -0.39 is 11.0 Å². The van der Waals surface area contributed by atoms with Crippen molar-refractivity contribution < 1.29 is 15.0 Å². The zero-order valence-corrected chi connectivity index (χ0v) is 11.4. The normalized spacial score (nSPS) is 39.0. The Kier molecular flexibility index (Phi) is 2.37. The monoisotopic (exact) mass is 273 g/mol. The number of rotatable bonds is 0. The van der Waals surface area contributed by atoms with Crippen LogP contribution in [0.4, 0.5) is 0 Å². The first kappa shape index (κ1) is 12.4. The molecule has 0 aromatic heterocycles. The zero-order chi connectivity index (χ0) is 14.0. The number of hydrogen-bond donors (Lipinski definition) is 3. The molecule has 0 radical (unpaired) electrons. The van der Waals surface area contributed by atoms with E-state index in [1.807, 2.05) is 6.07 Å². The summed E-state index contributed by atoms with van der Waals surface area (Å²) in [5, 5.41) is 24.6. The van der Waals surface area contributed by atoms with Gasteiger partial charge in [-0.3, -0.25) is 4.79 Å². The molecule has 1 saturated carbocycles. The lowest BCUT2D eigenvalue weighted by molar-refractivity contribution is -0.149. The van der Waals surface area contributed by atoms with Gasteiger partial charge in [0.1, 0.15) is 11.5 Å². The minimum absolute atomic E-state index is 0.0152. The van der Waals surface area contributed by atoms with Crippen molar-refractivity contribution in [2.45, 2.75) is 49.2 Å². The highest BCUT2D eigenvalue weighted by molar-refractivity contribution is 5.82. The fourth-order valence-corrected chi connectivity index (χ4v) is 4.70. The van der Waals surface area contributed by atoms with Crippen molar-refractivity contribution in [1.82, 2.24) is 5.32 Å². The molecule has 1 aromatic rings. The maximum atomic E-state index is 12.1. The predicted molar refractivity (Wildman–Crippen MR) is 73.7 cm³/mol. The number of phenols is 1. The van der Waals surface area contributed by atoms with Crippen LogP contribution >= 0.6 is 0 Å². The quantitative estimate of drug-likeness (QED) is 0.660. The van der Waals surface area contributed by atoms with Crippen molar-refractivity contribution in [3.05, 3.63) is 29.3 Å². The van der Waals surface area contributed by atoms with Gasteiger partial charge in [0.15, 0.2) is 0 Å². The number of carbonyl (C=O) groups excluding carboxylic acids is 1. The molecule has 0 unspecified atom stereocenters. The summed E-state index contributed by atoms with van der Waals surface area (Å²) in [7, 11) is 0. The number of hydrogen-bond acceptors (Lipinski definition) is 4. The van der Waals surface area contributed by atoms with Crippen molar-refractivity contribution in [2.75, 3.05) is 6.54 Å². The van der Waals surface area contributed by atoms with Crippen LogP contribution in [0.25, 0.3) is 0 Å². The van der Waals surface area contributed by atoms with Crippen LogP contribution in [0.1, 0.15) is 36.8 Å². The molecule has 3 N–H and O–H groups in total. The maximum Gasteiger partial charge on any atom is 0.134 e. The summed E-state index contributed by atoms with van der Waals surface area (Å²) in [6, 6.07) is 5.41. The Balaban J connectivity index is 1.98. The highest BCUT2D eigenvalue weighted by atomic mass is 16.3. The fraction of sp³-hybridized carbons (Fsp3) is 0.562. The number of aliphatic hydroxyl groups is 1. The van der Waals surface area contributed by atoms with E-state index in [1.54, 1.807) is 12.1 Å². The second-order valence-corrected chi connectivity index (χ2v) is 6.52. The van der Waals surface area contributed by atoms with Gasteiger partial charge in [0.25, 0.3) is 0 Å². The smallest absolute Gasteiger partial charge is 0.134 e. The molecule has 2 fully saturated rings. The molecule has 3 aliphatic rings. The molecule has 1 heterocycles. The standard InChI is InChI=1S/C16H19NO3/c18-11-2-1-10-7-14-16(20)4-3-12(19)9-15(16,5-6-17-14)13(10)8-11/h1-2,8,14,17-18,20H,3-7,9H2/t14-,15-,16-/m1/s1. The molecule has 106 valence electrons. The highest BCUT2D eigenvalue weighted by Gasteiger charge is 2.62. The Labute approximate surface area is 117 Å². The third kappa shape index (κ3) is 1.36. The molecule has 1 aromatic carbocycles. The van der Waals surface area contributed by atoms with Gasteiger partial charge in [-0.15, -0.1) is 0 Å². The van der Waals surface area contributed by atoms with Gasteiger partial charge in [-0.05, 0) is 49.1 Å². The van der Waals surface area contributed by atoms with Gasteiger partial charge in [-0.2, -0.15) is 0 Å². The number of nitrogens with one attached hydrogen (secondary N) is 1.